The van der Waals surface area contributed by atoms with E-state index in [4.69, 9.17) is 9.47 Å². The quantitative estimate of drug-likeness (QED) is 0.713. The van der Waals surface area contributed by atoms with Gasteiger partial charge in [0.15, 0.2) is 0 Å². The number of rotatable bonds is 7. The van der Waals surface area contributed by atoms with Gasteiger partial charge >= 0.3 is 0 Å². The smallest absolute Gasteiger partial charge is 0.0905 e. The van der Waals surface area contributed by atoms with Crippen molar-refractivity contribution in [2.45, 2.75) is 64.3 Å². The Kier molecular flexibility index (Phi) is 5.78. The second kappa shape index (κ2) is 5.83. The molecule has 0 heterocycles. The summed E-state index contributed by atoms with van der Waals surface area (Å²) in [6.07, 6.45) is 1.88. The van der Waals surface area contributed by atoms with Crippen LogP contribution >= 0.6 is 0 Å². The van der Waals surface area contributed by atoms with Crippen LogP contribution in [0.15, 0.2) is 0 Å². The molecule has 0 aliphatic heterocycles. The van der Waals surface area contributed by atoms with E-state index in [-0.39, 0.29) is 5.60 Å². The normalized spacial score (nSPS) is 18.6. The Morgan fingerprint density at radius 1 is 1.13 bits per heavy atom. The van der Waals surface area contributed by atoms with Gasteiger partial charge in [0.25, 0.3) is 0 Å². The topological polar surface area (TPSA) is 38.7 Å². The molecule has 0 aromatic heterocycles. The zero-order valence-electron chi connectivity index (χ0n) is 11.0. The van der Waals surface area contributed by atoms with Crippen LogP contribution in [0, 0.1) is 0 Å². The summed E-state index contributed by atoms with van der Waals surface area (Å²) in [6.45, 7) is 8.01. The molecular formula is C12H26O3. The van der Waals surface area contributed by atoms with Crippen LogP contribution in [0.4, 0.5) is 0 Å². The minimum atomic E-state index is -0.443. The van der Waals surface area contributed by atoms with Crippen molar-refractivity contribution in [2.75, 3.05) is 14.2 Å². The Morgan fingerprint density at radius 2 is 1.67 bits per heavy atom. The molecule has 0 saturated heterocycles. The van der Waals surface area contributed by atoms with E-state index in [1.54, 1.807) is 14.2 Å². The van der Waals surface area contributed by atoms with Crippen LogP contribution in [0.3, 0.4) is 0 Å². The largest absolute Gasteiger partial charge is 0.390 e. The fraction of sp³-hybridized carbons (Fsp3) is 1.00. The Bertz CT molecular complexity index is 174. The highest BCUT2D eigenvalue weighted by atomic mass is 16.5. The predicted molar refractivity (Wildman–Crippen MR) is 62.0 cm³/mol. The average molecular weight is 218 g/mol. The first-order chi connectivity index (χ1) is 6.81. The molecule has 2 unspecified atom stereocenters. The summed E-state index contributed by atoms with van der Waals surface area (Å²) in [5, 5.41) is 10.0. The lowest BCUT2D eigenvalue weighted by molar-refractivity contribution is -0.103. The van der Waals surface area contributed by atoms with E-state index >= 15 is 0 Å². The minimum Gasteiger partial charge on any atom is -0.390 e. The summed E-state index contributed by atoms with van der Waals surface area (Å²) in [6, 6.07) is 0. The van der Waals surface area contributed by atoms with Gasteiger partial charge < -0.3 is 14.6 Å². The number of aliphatic hydroxyl groups excluding tert-OH is 1. The second-order valence-electron chi connectivity index (χ2n) is 4.89. The molecule has 2 atom stereocenters. The molecule has 0 aliphatic carbocycles. The predicted octanol–water partition coefficient (Wildman–Crippen LogP) is 2.37. The van der Waals surface area contributed by atoms with Crippen LogP contribution in [0.25, 0.3) is 0 Å². The van der Waals surface area contributed by atoms with E-state index in [9.17, 15) is 5.11 Å². The molecule has 3 nitrogen and oxygen atoms in total. The molecule has 0 fully saturated rings. The van der Waals surface area contributed by atoms with Gasteiger partial charge in [-0.05, 0) is 40.0 Å². The highest BCUT2D eigenvalue weighted by Crippen LogP contribution is 2.25. The monoisotopic (exact) mass is 218 g/mol. The third kappa shape index (κ3) is 4.49. The van der Waals surface area contributed by atoms with Gasteiger partial charge in [0.05, 0.1) is 17.3 Å². The van der Waals surface area contributed by atoms with E-state index < -0.39 is 11.7 Å². The van der Waals surface area contributed by atoms with E-state index in [2.05, 4.69) is 0 Å². The lowest BCUT2D eigenvalue weighted by Gasteiger charge is -2.34. The maximum absolute atomic E-state index is 10.0. The van der Waals surface area contributed by atoms with Gasteiger partial charge in [-0.1, -0.05) is 6.92 Å². The van der Waals surface area contributed by atoms with Gasteiger partial charge in [0.2, 0.25) is 0 Å². The first kappa shape index (κ1) is 14.9. The van der Waals surface area contributed by atoms with Crippen molar-refractivity contribution >= 4 is 0 Å². The lowest BCUT2D eigenvalue weighted by atomic mass is 9.89. The SMILES string of the molecule is CCC(C)(OC)C(O)CCC(C)(C)OC. The van der Waals surface area contributed by atoms with Crippen molar-refractivity contribution in [1.29, 1.82) is 0 Å². The van der Waals surface area contributed by atoms with Crippen LogP contribution in [0.5, 0.6) is 0 Å². The number of ether oxygens (including phenoxy) is 2. The standard InChI is InChI=1S/C12H26O3/c1-7-12(4,15-6)10(13)8-9-11(2,3)14-5/h10,13H,7-9H2,1-6H3. The Hall–Kier alpha value is -0.120. The van der Waals surface area contributed by atoms with Crippen molar-refractivity contribution in [3.05, 3.63) is 0 Å². The Balaban J connectivity index is 4.19. The van der Waals surface area contributed by atoms with Crippen LogP contribution in [-0.2, 0) is 9.47 Å². The molecule has 0 aliphatic rings. The second-order valence-corrected chi connectivity index (χ2v) is 4.89. The Morgan fingerprint density at radius 3 is 2.00 bits per heavy atom. The summed E-state index contributed by atoms with van der Waals surface area (Å²) in [4.78, 5) is 0. The Labute approximate surface area is 93.8 Å². The number of aliphatic hydroxyl groups is 1. The first-order valence-corrected chi connectivity index (χ1v) is 5.59. The number of hydrogen-bond acceptors (Lipinski definition) is 3. The van der Waals surface area contributed by atoms with Gasteiger partial charge in [-0.25, -0.2) is 0 Å². The zero-order chi connectivity index (χ0) is 12.1. The van der Waals surface area contributed by atoms with E-state index in [1.165, 1.54) is 0 Å². The fourth-order valence-corrected chi connectivity index (χ4v) is 1.41. The molecule has 0 amide bonds. The molecule has 0 aromatic rings. The molecule has 3 heteroatoms. The van der Waals surface area contributed by atoms with Crippen molar-refractivity contribution in [3.8, 4) is 0 Å². The van der Waals surface area contributed by atoms with Crippen molar-refractivity contribution in [3.63, 3.8) is 0 Å². The van der Waals surface area contributed by atoms with Crippen molar-refractivity contribution in [2.24, 2.45) is 0 Å². The summed E-state index contributed by atoms with van der Waals surface area (Å²) in [7, 11) is 3.34. The summed E-state index contributed by atoms with van der Waals surface area (Å²) in [5.74, 6) is 0. The first-order valence-electron chi connectivity index (χ1n) is 5.59. The molecule has 92 valence electrons. The summed E-state index contributed by atoms with van der Waals surface area (Å²) >= 11 is 0. The van der Waals surface area contributed by atoms with E-state index in [0.717, 1.165) is 12.8 Å². The van der Waals surface area contributed by atoms with Crippen molar-refractivity contribution < 1.29 is 14.6 Å². The molecule has 0 saturated carbocycles. The molecule has 1 N–H and O–H groups in total. The fourth-order valence-electron chi connectivity index (χ4n) is 1.41. The number of hydrogen-bond donors (Lipinski definition) is 1. The van der Waals surface area contributed by atoms with E-state index in [0.29, 0.717) is 6.42 Å². The maximum Gasteiger partial charge on any atom is 0.0905 e. The van der Waals surface area contributed by atoms with Crippen molar-refractivity contribution in [1.82, 2.24) is 0 Å². The summed E-state index contributed by atoms with van der Waals surface area (Å²) in [5.41, 5.74) is -0.618. The summed E-state index contributed by atoms with van der Waals surface area (Å²) < 4.78 is 10.7. The molecule has 15 heavy (non-hydrogen) atoms. The van der Waals surface area contributed by atoms with Gasteiger partial charge in [-0.2, -0.15) is 0 Å². The highest BCUT2D eigenvalue weighted by molar-refractivity contribution is 4.84. The molecule has 0 aromatic carbocycles. The van der Waals surface area contributed by atoms with Crippen LogP contribution in [-0.4, -0.2) is 36.6 Å². The molecule has 0 bridgehead atoms. The third-order valence-electron chi connectivity index (χ3n) is 3.45. The van der Waals surface area contributed by atoms with Gasteiger partial charge in [-0.15, -0.1) is 0 Å². The highest BCUT2D eigenvalue weighted by Gasteiger charge is 2.32. The van der Waals surface area contributed by atoms with Crippen LogP contribution in [0.2, 0.25) is 0 Å². The zero-order valence-corrected chi connectivity index (χ0v) is 11.0. The van der Waals surface area contributed by atoms with Gasteiger partial charge in [-0.3, -0.25) is 0 Å². The average Bonchev–Trinajstić information content (AvgIpc) is 2.24. The van der Waals surface area contributed by atoms with Gasteiger partial charge in [0.1, 0.15) is 0 Å². The molecule has 0 radical (unpaired) electrons. The van der Waals surface area contributed by atoms with Gasteiger partial charge in [0, 0.05) is 14.2 Å². The van der Waals surface area contributed by atoms with Crippen LogP contribution < -0.4 is 0 Å². The molecular weight excluding hydrogens is 192 g/mol. The lowest BCUT2D eigenvalue weighted by Crippen LogP contribution is -2.41. The number of methoxy groups -OCH3 is 2. The minimum absolute atomic E-state index is 0.177. The molecule has 0 spiro atoms. The molecule has 0 rings (SSSR count). The maximum atomic E-state index is 10.0. The van der Waals surface area contributed by atoms with Crippen LogP contribution in [0.1, 0.15) is 47.0 Å². The van der Waals surface area contributed by atoms with E-state index in [1.807, 2.05) is 27.7 Å². The third-order valence-corrected chi connectivity index (χ3v) is 3.45.